The molecule has 2 aromatic rings. The fraction of sp³-hybridized carbons (Fsp3) is 0.267. The van der Waals surface area contributed by atoms with E-state index in [9.17, 15) is 10.1 Å². The molecule has 1 heterocycles. The highest BCUT2D eigenvalue weighted by Crippen LogP contribution is 2.29. The molecule has 108 valence electrons. The number of anilines is 1. The normalized spacial score (nSPS) is 10.1. The van der Waals surface area contributed by atoms with E-state index in [4.69, 9.17) is 5.26 Å². The molecule has 2 rings (SSSR count). The second-order valence-electron chi connectivity index (χ2n) is 4.63. The molecule has 6 heteroatoms. The summed E-state index contributed by atoms with van der Waals surface area (Å²) in [7, 11) is 0. The van der Waals surface area contributed by atoms with Crippen molar-refractivity contribution in [3.05, 3.63) is 57.9 Å². The van der Waals surface area contributed by atoms with Gasteiger partial charge in [0.1, 0.15) is 17.5 Å². The van der Waals surface area contributed by atoms with Gasteiger partial charge in [0.05, 0.1) is 11.5 Å². The Hall–Kier alpha value is -2.81. The number of aromatic nitrogens is 1. The second-order valence-corrected chi connectivity index (χ2v) is 4.63. The number of nitriles is 1. The van der Waals surface area contributed by atoms with Crippen LogP contribution in [0.1, 0.15) is 24.6 Å². The van der Waals surface area contributed by atoms with Crippen LogP contribution < -0.4 is 5.32 Å². The van der Waals surface area contributed by atoms with Crippen LogP contribution in [0.25, 0.3) is 0 Å². The topological polar surface area (TPSA) is 83.9 Å². The Balaban J connectivity index is 2.40. The van der Waals surface area contributed by atoms with E-state index in [1.54, 1.807) is 29.0 Å². The monoisotopic (exact) mass is 284 g/mol. The number of hydrogen-bond donors (Lipinski definition) is 1. The summed E-state index contributed by atoms with van der Waals surface area (Å²) in [4.78, 5) is 10.8. The van der Waals surface area contributed by atoms with Gasteiger partial charge in [-0.25, -0.2) is 0 Å². The highest BCUT2D eigenvalue weighted by Gasteiger charge is 2.17. The van der Waals surface area contributed by atoms with Crippen molar-refractivity contribution in [2.45, 2.75) is 19.9 Å². The van der Waals surface area contributed by atoms with E-state index in [0.29, 0.717) is 24.5 Å². The lowest BCUT2D eigenvalue weighted by molar-refractivity contribution is -0.384. The van der Waals surface area contributed by atoms with Crippen molar-refractivity contribution >= 4 is 11.4 Å². The summed E-state index contributed by atoms with van der Waals surface area (Å²) in [5, 5.41) is 23.3. The molecule has 0 spiro atoms. The van der Waals surface area contributed by atoms with Gasteiger partial charge in [-0.1, -0.05) is 19.1 Å². The molecule has 1 aromatic heterocycles. The highest BCUT2D eigenvalue weighted by atomic mass is 16.6. The molecule has 0 aliphatic carbocycles. The first-order valence-corrected chi connectivity index (χ1v) is 6.72. The van der Waals surface area contributed by atoms with Crippen molar-refractivity contribution in [2.75, 3.05) is 11.9 Å². The first-order chi connectivity index (χ1) is 10.2. The molecule has 0 fully saturated rings. The van der Waals surface area contributed by atoms with Crippen molar-refractivity contribution < 1.29 is 4.92 Å². The Labute approximate surface area is 122 Å². The molecule has 0 atom stereocenters. The molecule has 0 aliphatic rings. The molecule has 0 aliphatic heterocycles. The summed E-state index contributed by atoms with van der Waals surface area (Å²) < 4.78 is 1.77. The van der Waals surface area contributed by atoms with Crippen LogP contribution in [0.15, 0.2) is 36.5 Å². The standard InChI is InChI=1S/C15H16N4O2/c1-2-8-17-15-12(5-3-7-14(15)19(20)21)11-18-9-4-6-13(18)10-16/h3-7,9,17H,2,8,11H2,1H3. The predicted molar refractivity (Wildman–Crippen MR) is 80.1 cm³/mol. The van der Waals surface area contributed by atoms with Gasteiger partial charge in [0.2, 0.25) is 0 Å². The lowest BCUT2D eigenvalue weighted by Crippen LogP contribution is -2.09. The van der Waals surface area contributed by atoms with E-state index < -0.39 is 0 Å². The van der Waals surface area contributed by atoms with Crippen molar-refractivity contribution in [3.8, 4) is 6.07 Å². The molecule has 0 bridgehead atoms. The maximum Gasteiger partial charge on any atom is 0.292 e. The van der Waals surface area contributed by atoms with Crippen LogP contribution >= 0.6 is 0 Å². The zero-order chi connectivity index (χ0) is 15.2. The third-order valence-electron chi connectivity index (χ3n) is 3.16. The summed E-state index contributed by atoms with van der Waals surface area (Å²) in [5.41, 5.74) is 1.92. The average Bonchev–Trinajstić information content (AvgIpc) is 2.92. The molecule has 0 saturated heterocycles. The van der Waals surface area contributed by atoms with Gasteiger partial charge in [-0.05, 0) is 18.6 Å². The average molecular weight is 284 g/mol. The quantitative estimate of drug-likeness (QED) is 0.652. The van der Waals surface area contributed by atoms with Crippen LogP contribution in [-0.4, -0.2) is 16.0 Å². The molecule has 0 unspecified atom stereocenters. The minimum absolute atomic E-state index is 0.0617. The molecule has 0 radical (unpaired) electrons. The minimum Gasteiger partial charge on any atom is -0.379 e. The zero-order valence-corrected chi connectivity index (χ0v) is 11.7. The van der Waals surface area contributed by atoms with E-state index in [2.05, 4.69) is 11.4 Å². The number of para-hydroxylation sites is 1. The van der Waals surface area contributed by atoms with Crippen molar-refractivity contribution in [1.82, 2.24) is 4.57 Å². The summed E-state index contributed by atoms with van der Waals surface area (Å²) in [6.45, 7) is 3.08. The van der Waals surface area contributed by atoms with Crippen molar-refractivity contribution in [3.63, 3.8) is 0 Å². The number of benzene rings is 1. The molecule has 0 amide bonds. The summed E-state index contributed by atoms with van der Waals surface area (Å²) >= 11 is 0. The van der Waals surface area contributed by atoms with Crippen LogP contribution in [0.4, 0.5) is 11.4 Å². The van der Waals surface area contributed by atoms with E-state index in [1.165, 1.54) is 6.07 Å². The largest absolute Gasteiger partial charge is 0.379 e. The number of nitro benzene ring substituents is 1. The SMILES string of the molecule is CCCNc1c(Cn2cccc2C#N)cccc1[N+](=O)[O-]. The maximum absolute atomic E-state index is 11.2. The first kappa shape index (κ1) is 14.6. The second kappa shape index (κ2) is 6.57. The maximum atomic E-state index is 11.2. The lowest BCUT2D eigenvalue weighted by Gasteiger charge is -2.13. The van der Waals surface area contributed by atoms with Gasteiger partial charge in [0.25, 0.3) is 5.69 Å². The molecule has 1 N–H and O–H groups in total. The van der Waals surface area contributed by atoms with E-state index >= 15 is 0 Å². The smallest absolute Gasteiger partial charge is 0.292 e. The Kier molecular flexibility index (Phi) is 4.57. The number of nitro groups is 1. The molecule has 1 aromatic carbocycles. The van der Waals surface area contributed by atoms with E-state index in [0.717, 1.165) is 12.0 Å². The summed E-state index contributed by atoms with van der Waals surface area (Å²) in [6.07, 6.45) is 2.67. The molecule has 0 saturated carbocycles. The Morgan fingerprint density at radius 3 is 2.86 bits per heavy atom. The van der Waals surface area contributed by atoms with Gasteiger partial charge in [0, 0.05) is 24.4 Å². The van der Waals surface area contributed by atoms with E-state index in [1.807, 2.05) is 13.0 Å². The summed E-state index contributed by atoms with van der Waals surface area (Å²) in [6, 6.07) is 10.6. The minimum atomic E-state index is -0.387. The van der Waals surface area contributed by atoms with Gasteiger partial charge in [-0.3, -0.25) is 10.1 Å². The third-order valence-corrected chi connectivity index (χ3v) is 3.16. The number of rotatable bonds is 6. The van der Waals surface area contributed by atoms with Gasteiger partial charge < -0.3 is 9.88 Å². The van der Waals surface area contributed by atoms with Crippen LogP contribution in [0.5, 0.6) is 0 Å². The van der Waals surface area contributed by atoms with Gasteiger partial charge in [-0.15, -0.1) is 0 Å². The first-order valence-electron chi connectivity index (χ1n) is 6.72. The summed E-state index contributed by atoms with van der Waals surface area (Å²) in [5.74, 6) is 0. The van der Waals surface area contributed by atoms with Crippen molar-refractivity contribution in [2.24, 2.45) is 0 Å². The molecular formula is C15H16N4O2. The fourth-order valence-electron chi connectivity index (χ4n) is 2.16. The highest BCUT2D eigenvalue weighted by molar-refractivity contribution is 5.66. The molecule has 6 nitrogen and oxygen atoms in total. The number of hydrogen-bond acceptors (Lipinski definition) is 4. The fourth-order valence-corrected chi connectivity index (χ4v) is 2.16. The van der Waals surface area contributed by atoms with Gasteiger partial charge in [0.15, 0.2) is 0 Å². The van der Waals surface area contributed by atoms with Crippen molar-refractivity contribution in [1.29, 1.82) is 5.26 Å². The van der Waals surface area contributed by atoms with Crippen LogP contribution in [-0.2, 0) is 6.54 Å². The van der Waals surface area contributed by atoms with Crippen LogP contribution in [0.2, 0.25) is 0 Å². The third kappa shape index (κ3) is 3.20. The number of nitrogens with one attached hydrogen (secondary N) is 1. The Bertz CT molecular complexity index is 685. The van der Waals surface area contributed by atoms with Crippen LogP contribution in [0.3, 0.4) is 0 Å². The predicted octanol–water partition coefficient (Wildman–Crippen LogP) is 3.14. The van der Waals surface area contributed by atoms with Gasteiger partial charge >= 0.3 is 0 Å². The van der Waals surface area contributed by atoms with Gasteiger partial charge in [-0.2, -0.15) is 5.26 Å². The Morgan fingerprint density at radius 2 is 2.19 bits per heavy atom. The zero-order valence-electron chi connectivity index (χ0n) is 11.7. The molecular weight excluding hydrogens is 268 g/mol. The molecule has 21 heavy (non-hydrogen) atoms. The lowest BCUT2D eigenvalue weighted by atomic mass is 10.1. The van der Waals surface area contributed by atoms with E-state index in [-0.39, 0.29) is 10.6 Å². The Morgan fingerprint density at radius 1 is 1.38 bits per heavy atom. The number of nitrogens with zero attached hydrogens (tertiary/aromatic N) is 3. The van der Waals surface area contributed by atoms with Crippen LogP contribution in [0, 0.1) is 21.4 Å².